The molecular formula is C8H12O2. The number of allylic oxidation sites excluding steroid dienone is 3. The van der Waals surface area contributed by atoms with Crippen molar-refractivity contribution in [3.8, 4) is 0 Å². The number of aliphatic hydroxyl groups is 2. The average Bonchev–Trinajstić information content (AvgIpc) is 1.88. The summed E-state index contributed by atoms with van der Waals surface area (Å²) >= 11 is 0. The van der Waals surface area contributed by atoms with Crippen molar-refractivity contribution >= 4 is 0 Å². The molecule has 0 unspecified atom stereocenters. The molecule has 10 heavy (non-hydrogen) atoms. The summed E-state index contributed by atoms with van der Waals surface area (Å²) in [6.07, 6.45) is 5.82. The van der Waals surface area contributed by atoms with Crippen molar-refractivity contribution in [3.63, 3.8) is 0 Å². The smallest absolute Gasteiger partial charge is 0.156 e. The Labute approximate surface area is 60.8 Å². The van der Waals surface area contributed by atoms with E-state index in [0.717, 1.165) is 6.42 Å². The SMILES string of the molecule is C=C(O)/C(O)=C/C=C/CC. The van der Waals surface area contributed by atoms with Gasteiger partial charge in [0.05, 0.1) is 0 Å². The summed E-state index contributed by atoms with van der Waals surface area (Å²) in [5.74, 6) is -0.495. The number of aliphatic hydroxyl groups excluding tert-OH is 2. The third-order valence-corrected chi connectivity index (χ3v) is 0.922. The van der Waals surface area contributed by atoms with Crippen LogP contribution in [0.15, 0.2) is 36.3 Å². The fraction of sp³-hybridized carbons (Fsp3) is 0.250. The minimum atomic E-state index is -0.305. The Hall–Kier alpha value is -1.18. The third-order valence-electron chi connectivity index (χ3n) is 0.922. The zero-order chi connectivity index (χ0) is 7.98. The van der Waals surface area contributed by atoms with Gasteiger partial charge in [0.15, 0.2) is 5.76 Å². The first kappa shape index (κ1) is 8.82. The van der Waals surface area contributed by atoms with Crippen molar-refractivity contribution in [3.05, 3.63) is 36.3 Å². The van der Waals surface area contributed by atoms with Crippen LogP contribution >= 0.6 is 0 Å². The molecule has 2 nitrogen and oxygen atoms in total. The Morgan fingerprint density at radius 3 is 2.50 bits per heavy atom. The molecule has 0 aromatic carbocycles. The molecule has 0 atom stereocenters. The molecule has 56 valence electrons. The summed E-state index contributed by atoms with van der Waals surface area (Å²) in [7, 11) is 0. The Balaban J connectivity index is 3.92. The van der Waals surface area contributed by atoms with Gasteiger partial charge in [0.25, 0.3) is 0 Å². The van der Waals surface area contributed by atoms with Crippen LogP contribution in [-0.2, 0) is 0 Å². The quantitative estimate of drug-likeness (QED) is 0.467. The molecule has 0 saturated carbocycles. The zero-order valence-electron chi connectivity index (χ0n) is 6.04. The molecule has 0 aliphatic carbocycles. The maximum Gasteiger partial charge on any atom is 0.156 e. The second-order valence-corrected chi connectivity index (χ2v) is 1.84. The fourth-order valence-electron chi connectivity index (χ4n) is 0.391. The monoisotopic (exact) mass is 140 g/mol. The lowest BCUT2D eigenvalue weighted by Crippen LogP contribution is -1.81. The lowest BCUT2D eigenvalue weighted by Gasteiger charge is -1.91. The van der Waals surface area contributed by atoms with Crippen molar-refractivity contribution in [2.75, 3.05) is 0 Å². The van der Waals surface area contributed by atoms with Gasteiger partial charge in [0.2, 0.25) is 0 Å². The lowest BCUT2D eigenvalue weighted by atomic mass is 10.3. The first-order chi connectivity index (χ1) is 4.68. The molecule has 0 spiro atoms. The fourth-order valence-corrected chi connectivity index (χ4v) is 0.391. The molecule has 0 saturated heterocycles. The van der Waals surface area contributed by atoms with Crippen LogP contribution in [0.3, 0.4) is 0 Å². The Morgan fingerprint density at radius 2 is 2.10 bits per heavy atom. The minimum absolute atomic E-state index is 0.190. The summed E-state index contributed by atoms with van der Waals surface area (Å²) in [6, 6.07) is 0. The van der Waals surface area contributed by atoms with Crippen LogP contribution in [0.25, 0.3) is 0 Å². The van der Waals surface area contributed by atoms with Gasteiger partial charge in [0, 0.05) is 0 Å². The minimum Gasteiger partial charge on any atom is -0.505 e. The van der Waals surface area contributed by atoms with Gasteiger partial charge in [-0.3, -0.25) is 0 Å². The molecule has 0 bridgehead atoms. The van der Waals surface area contributed by atoms with E-state index in [9.17, 15) is 0 Å². The van der Waals surface area contributed by atoms with Crippen LogP contribution in [0.5, 0.6) is 0 Å². The van der Waals surface area contributed by atoms with Crippen LogP contribution in [0.4, 0.5) is 0 Å². The zero-order valence-corrected chi connectivity index (χ0v) is 6.04. The second kappa shape index (κ2) is 4.68. The summed E-state index contributed by atoms with van der Waals surface area (Å²) < 4.78 is 0. The van der Waals surface area contributed by atoms with Crippen LogP contribution in [0.1, 0.15) is 13.3 Å². The molecule has 2 heteroatoms. The standard InChI is InChI=1S/C8H12O2/c1-3-4-5-6-8(10)7(2)9/h4-6,9-10H,2-3H2,1H3/b5-4+,8-6-. The molecule has 0 rings (SSSR count). The van der Waals surface area contributed by atoms with Gasteiger partial charge >= 0.3 is 0 Å². The number of hydrogen-bond acceptors (Lipinski definition) is 2. The average molecular weight is 140 g/mol. The molecule has 0 fully saturated rings. The van der Waals surface area contributed by atoms with Gasteiger partial charge in [-0.2, -0.15) is 0 Å². The summed E-state index contributed by atoms with van der Waals surface area (Å²) in [5, 5.41) is 17.4. The molecule has 0 aliphatic rings. The Kier molecular flexibility index (Phi) is 4.12. The van der Waals surface area contributed by atoms with E-state index < -0.39 is 0 Å². The van der Waals surface area contributed by atoms with E-state index in [0.29, 0.717) is 0 Å². The highest BCUT2D eigenvalue weighted by Gasteiger charge is 1.90. The van der Waals surface area contributed by atoms with E-state index in [1.807, 2.05) is 13.0 Å². The van der Waals surface area contributed by atoms with E-state index in [-0.39, 0.29) is 11.5 Å². The number of hydrogen-bond donors (Lipinski definition) is 2. The van der Waals surface area contributed by atoms with E-state index in [4.69, 9.17) is 10.2 Å². The normalized spacial score (nSPS) is 12.3. The molecular weight excluding hydrogens is 128 g/mol. The first-order valence-corrected chi connectivity index (χ1v) is 3.12. The van der Waals surface area contributed by atoms with Gasteiger partial charge in [-0.25, -0.2) is 0 Å². The van der Waals surface area contributed by atoms with E-state index in [1.165, 1.54) is 6.08 Å². The summed E-state index contributed by atoms with van der Waals surface area (Å²) in [5.41, 5.74) is 0. The molecule has 0 aliphatic heterocycles. The highest BCUT2D eigenvalue weighted by atomic mass is 16.3. The van der Waals surface area contributed by atoms with Crippen LogP contribution in [0.2, 0.25) is 0 Å². The highest BCUT2D eigenvalue weighted by molar-refractivity contribution is 5.19. The highest BCUT2D eigenvalue weighted by Crippen LogP contribution is 1.98. The molecule has 0 heterocycles. The lowest BCUT2D eigenvalue weighted by molar-refractivity contribution is 0.328. The van der Waals surface area contributed by atoms with Gasteiger partial charge in [0.1, 0.15) is 5.76 Å². The largest absolute Gasteiger partial charge is 0.505 e. The molecule has 0 aromatic heterocycles. The molecule has 0 radical (unpaired) electrons. The number of rotatable bonds is 3. The third kappa shape index (κ3) is 3.78. The second-order valence-electron chi connectivity index (χ2n) is 1.84. The van der Waals surface area contributed by atoms with Crippen molar-refractivity contribution in [2.45, 2.75) is 13.3 Å². The van der Waals surface area contributed by atoms with Crippen molar-refractivity contribution in [1.82, 2.24) is 0 Å². The molecule has 2 N–H and O–H groups in total. The molecule has 0 amide bonds. The summed E-state index contributed by atoms with van der Waals surface area (Å²) in [6.45, 7) is 5.12. The van der Waals surface area contributed by atoms with Crippen molar-refractivity contribution < 1.29 is 10.2 Å². The van der Waals surface area contributed by atoms with Crippen LogP contribution < -0.4 is 0 Å². The Morgan fingerprint density at radius 1 is 1.50 bits per heavy atom. The van der Waals surface area contributed by atoms with Crippen LogP contribution in [-0.4, -0.2) is 10.2 Å². The van der Waals surface area contributed by atoms with E-state index in [1.54, 1.807) is 6.08 Å². The maximum atomic E-state index is 8.81. The van der Waals surface area contributed by atoms with Gasteiger partial charge in [-0.1, -0.05) is 25.7 Å². The topological polar surface area (TPSA) is 40.5 Å². The van der Waals surface area contributed by atoms with Gasteiger partial charge in [-0.05, 0) is 12.5 Å². The predicted molar refractivity (Wildman–Crippen MR) is 41.9 cm³/mol. The van der Waals surface area contributed by atoms with E-state index >= 15 is 0 Å². The first-order valence-electron chi connectivity index (χ1n) is 3.12. The maximum absolute atomic E-state index is 8.81. The summed E-state index contributed by atoms with van der Waals surface area (Å²) in [4.78, 5) is 0. The van der Waals surface area contributed by atoms with Gasteiger partial charge in [-0.15, -0.1) is 0 Å². The van der Waals surface area contributed by atoms with Crippen molar-refractivity contribution in [1.29, 1.82) is 0 Å². The van der Waals surface area contributed by atoms with E-state index in [2.05, 4.69) is 6.58 Å². The predicted octanol–water partition coefficient (Wildman–Crippen LogP) is 2.47. The van der Waals surface area contributed by atoms with Gasteiger partial charge < -0.3 is 10.2 Å². The Bertz CT molecular complexity index is 166. The van der Waals surface area contributed by atoms with Crippen molar-refractivity contribution in [2.24, 2.45) is 0 Å². The molecule has 0 aromatic rings. The van der Waals surface area contributed by atoms with Crippen LogP contribution in [0, 0.1) is 0 Å².